The maximum absolute atomic E-state index is 12.0. The fourth-order valence-corrected chi connectivity index (χ4v) is 4.28. The summed E-state index contributed by atoms with van der Waals surface area (Å²) in [5, 5.41) is 3.16. The topological polar surface area (TPSA) is 67.4 Å². The van der Waals surface area contributed by atoms with Crippen molar-refractivity contribution in [3.8, 4) is 5.75 Å². The second-order valence-electron chi connectivity index (χ2n) is 8.09. The van der Waals surface area contributed by atoms with Crippen molar-refractivity contribution in [2.75, 3.05) is 18.5 Å². The molecule has 0 atom stereocenters. The summed E-state index contributed by atoms with van der Waals surface area (Å²) in [6.07, 6.45) is 6.54. The van der Waals surface area contributed by atoms with Gasteiger partial charge in [0.05, 0.1) is 11.9 Å². The van der Waals surface area contributed by atoms with Gasteiger partial charge in [-0.3, -0.25) is 0 Å². The number of rotatable bonds is 9. The number of benzene rings is 1. The second kappa shape index (κ2) is 8.61. The van der Waals surface area contributed by atoms with Crippen molar-refractivity contribution in [1.29, 1.82) is 0 Å². The molecule has 0 radical (unpaired) electrons. The molecule has 1 aromatic carbocycles. The first-order valence-electron chi connectivity index (χ1n) is 9.90. The molecule has 2 saturated carbocycles. The highest BCUT2D eigenvalue weighted by molar-refractivity contribution is 7.90. The summed E-state index contributed by atoms with van der Waals surface area (Å²) in [5.41, 5.74) is 1.10. The molecule has 2 N–H and O–H groups in total. The van der Waals surface area contributed by atoms with E-state index < -0.39 is 10.0 Å². The third-order valence-corrected chi connectivity index (χ3v) is 7.31. The second-order valence-corrected chi connectivity index (χ2v) is 10.4. The SMILES string of the molecule is CC(C)S(=O)(=O)NC1CCC(CNc2cccc(OCC3CC3)c2)CC1. The minimum Gasteiger partial charge on any atom is -0.493 e. The molecule has 2 fully saturated rings. The van der Waals surface area contributed by atoms with Crippen LogP contribution in [0, 0.1) is 11.8 Å². The van der Waals surface area contributed by atoms with Crippen LogP contribution < -0.4 is 14.8 Å². The highest BCUT2D eigenvalue weighted by atomic mass is 32.2. The molecule has 0 aliphatic heterocycles. The fourth-order valence-electron chi connectivity index (χ4n) is 3.31. The molecule has 2 aliphatic rings. The number of hydrogen-bond donors (Lipinski definition) is 2. The number of sulfonamides is 1. The standard InChI is InChI=1S/C20H32N2O3S/c1-15(2)26(23,24)22-18-10-8-16(9-11-18)13-21-19-4-3-5-20(12-19)25-14-17-6-7-17/h3-5,12,15-18,21-22H,6-11,13-14H2,1-2H3. The first-order chi connectivity index (χ1) is 12.4. The van der Waals surface area contributed by atoms with Gasteiger partial charge in [-0.15, -0.1) is 0 Å². The van der Waals surface area contributed by atoms with Gasteiger partial charge in [0, 0.05) is 24.3 Å². The van der Waals surface area contributed by atoms with Crippen molar-refractivity contribution in [3.05, 3.63) is 24.3 Å². The normalized spacial score (nSPS) is 23.8. The summed E-state index contributed by atoms with van der Waals surface area (Å²) in [6.45, 7) is 5.20. The van der Waals surface area contributed by atoms with Crippen LogP contribution in [0.25, 0.3) is 0 Å². The molecule has 26 heavy (non-hydrogen) atoms. The zero-order valence-corrected chi connectivity index (χ0v) is 16.7. The molecule has 3 rings (SSSR count). The lowest BCUT2D eigenvalue weighted by atomic mass is 9.86. The molecule has 6 heteroatoms. The first-order valence-corrected chi connectivity index (χ1v) is 11.4. The number of nitrogens with one attached hydrogen (secondary N) is 2. The van der Waals surface area contributed by atoms with E-state index >= 15 is 0 Å². The molecule has 0 saturated heterocycles. The van der Waals surface area contributed by atoms with Gasteiger partial charge >= 0.3 is 0 Å². The first kappa shape index (κ1) is 19.5. The Hall–Kier alpha value is -1.27. The quantitative estimate of drug-likeness (QED) is 0.684. The van der Waals surface area contributed by atoms with Crippen LogP contribution in [0.2, 0.25) is 0 Å². The maximum Gasteiger partial charge on any atom is 0.214 e. The van der Waals surface area contributed by atoms with Crippen LogP contribution in [0.5, 0.6) is 5.75 Å². The number of ether oxygens (including phenoxy) is 1. The average Bonchev–Trinajstić information content (AvgIpc) is 3.44. The summed E-state index contributed by atoms with van der Waals surface area (Å²) >= 11 is 0. The van der Waals surface area contributed by atoms with Gasteiger partial charge < -0.3 is 10.1 Å². The molecular weight excluding hydrogens is 348 g/mol. The summed E-state index contributed by atoms with van der Waals surface area (Å²) in [6, 6.07) is 8.29. The lowest BCUT2D eigenvalue weighted by Gasteiger charge is -2.29. The molecule has 1 aromatic rings. The summed E-state index contributed by atoms with van der Waals surface area (Å²) in [4.78, 5) is 0. The predicted octanol–water partition coefficient (Wildman–Crippen LogP) is 3.77. The maximum atomic E-state index is 12.0. The lowest BCUT2D eigenvalue weighted by Crippen LogP contribution is -2.41. The zero-order chi connectivity index (χ0) is 18.6. The summed E-state index contributed by atoms with van der Waals surface area (Å²) in [7, 11) is -3.16. The van der Waals surface area contributed by atoms with Gasteiger partial charge in [-0.1, -0.05) is 6.07 Å². The predicted molar refractivity (Wildman–Crippen MR) is 106 cm³/mol. The molecule has 0 spiro atoms. The van der Waals surface area contributed by atoms with E-state index in [1.165, 1.54) is 12.8 Å². The van der Waals surface area contributed by atoms with Crippen LogP contribution in [0.1, 0.15) is 52.4 Å². The largest absolute Gasteiger partial charge is 0.493 e. The van der Waals surface area contributed by atoms with Crippen molar-refractivity contribution < 1.29 is 13.2 Å². The minimum atomic E-state index is -3.16. The fraction of sp³-hybridized carbons (Fsp3) is 0.700. The highest BCUT2D eigenvalue weighted by Crippen LogP contribution is 2.30. The van der Waals surface area contributed by atoms with Gasteiger partial charge in [-0.05, 0) is 76.3 Å². The average molecular weight is 381 g/mol. The molecule has 2 aliphatic carbocycles. The Morgan fingerprint density at radius 3 is 2.42 bits per heavy atom. The third-order valence-electron chi connectivity index (χ3n) is 5.41. The van der Waals surface area contributed by atoms with E-state index in [0.717, 1.165) is 56.2 Å². The zero-order valence-electron chi connectivity index (χ0n) is 15.9. The van der Waals surface area contributed by atoms with Gasteiger partial charge in [0.1, 0.15) is 5.75 Å². The van der Waals surface area contributed by atoms with Crippen molar-refractivity contribution in [1.82, 2.24) is 4.72 Å². The Balaban J connectivity index is 1.40. The van der Waals surface area contributed by atoms with Crippen LogP contribution in [0.15, 0.2) is 24.3 Å². The van der Waals surface area contributed by atoms with Crippen molar-refractivity contribution in [3.63, 3.8) is 0 Å². The Morgan fingerprint density at radius 1 is 1.08 bits per heavy atom. The van der Waals surface area contributed by atoms with E-state index in [2.05, 4.69) is 22.2 Å². The van der Waals surface area contributed by atoms with Gasteiger partial charge in [0.25, 0.3) is 0 Å². The minimum absolute atomic E-state index is 0.0952. The Kier molecular flexibility index (Phi) is 6.46. The Morgan fingerprint density at radius 2 is 1.77 bits per heavy atom. The number of hydrogen-bond acceptors (Lipinski definition) is 4. The smallest absolute Gasteiger partial charge is 0.214 e. The van der Waals surface area contributed by atoms with E-state index in [4.69, 9.17) is 4.74 Å². The van der Waals surface area contributed by atoms with Crippen LogP contribution in [0.4, 0.5) is 5.69 Å². The van der Waals surface area contributed by atoms with Crippen LogP contribution in [-0.2, 0) is 10.0 Å². The highest BCUT2D eigenvalue weighted by Gasteiger charge is 2.26. The van der Waals surface area contributed by atoms with Crippen LogP contribution in [-0.4, -0.2) is 32.9 Å². The molecule has 5 nitrogen and oxygen atoms in total. The molecule has 0 unspecified atom stereocenters. The summed E-state index contributed by atoms with van der Waals surface area (Å²) in [5.74, 6) is 2.29. The summed E-state index contributed by atoms with van der Waals surface area (Å²) < 4.78 is 32.7. The molecule has 146 valence electrons. The Labute approximate surface area is 158 Å². The molecule has 0 amide bonds. The third kappa shape index (κ3) is 5.88. The Bertz CT molecular complexity index is 678. The van der Waals surface area contributed by atoms with Gasteiger partial charge in [0.2, 0.25) is 10.0 Å². The van der Waals surface area contributed by atoms with Gasteiger partial charge in [-0.25, -0.2) is 13.1 Å². The van der Waals surface area contributed by atoms with E-state index in [9.17, 15) is 8.42 Å². The van der Waals surface area contributed by atoms with Gasteiger partial charge in [-0.2, -0.15) is 0 Å². The van der Waals surface area contributed by atoms with Crippen LogP contribution >= 0.6 is 0 Å². The van der Waals surface area contributed by atoms with Gasteiger partial charge in [0.15, 0.2) is 0 Å². The molecule has 0 heterocycles. The van der Waals surface area contributed by atoms with Crippen molar-refractivity contribution in [2.45, 2.75) is 63.7 Å². The van der Waals surface area contributed by atoms with E-state index in [1.54, 1.807) is 13.8 Å². The van der Waals surface area contributed by atoms with E-state index in [-0.39, 0.29) is 11.3 Å². The molecular formula is C20H32N2O3S. The van der Waals surface area contributed by atoms with Crippen molar-refractivity contribution >= 4 is 15.7 Å². The van der Waals surface area contributed by atoms with E-state index in [0.29, 0.717) is 5.92 Å². The molecule has 0 bridgehead atoms. The van der Waals surface area contributed by atoms with Crippen molar-refractivity contribution in [2.24, 2.45) is 11.8 Å². The number of anilines is 1. The van der Waals surface area contributed by atoms with E-state index in [1.807, 2.05) is 12.1 Å². The molecule has 0 aromatic heterocycles. The van der Waals surface area contributed by atoms with Crippen LogP contribution in [0.3, 0.4) is 0 Å². The monoisotopic (exact) mass is 380 g/mol. The lowest BCUT2D eigenvalue weighted by molar-refractivity contribution is 0.300.